The van der Waals surface area contributed by atoms with Crippen LogP contribution < -0.4 is 4.74 Å². The molecular formula is C28H44F2O3. The van der Waals surface area contributed by atoms with Crippen LogP contribution >= 0.6 is 0 Å². The number of hydrogen-bond donors (Lipinski definition) is 1. The molecule has 0 amide bonds. The Bertz CT molecular complexity index is 711. The molecule has 1 fully saturated rings. The lowest BCUT2D eigenvalue weighted by Crippen LogP contribution is -2.40. The molecule has 188 valence electrons. The van der Waals surface area contributed by atoms with Gasteiger partial charge in [-0.15, -0.1) is 0 Å². The molecule has 0 aromatic heterocycles. The largest absolute Gasteiger partial charge is 0.490 e. The quantitative estimate of drug-likeness (QED) is 0.248. The summed E-state index contributed by atoms with van der Waals surface area (Å²) in [6.45, 7) is 4.70. The molecule has 1 aliphatic carbocycles. The molecule has 0 saturated heterocycles. The summed E-state index contributed by atoms with van der Waals surface area (Å²) in [5.41, 5.74) is -1.37. The van der Waals surface area contributed by atoms with Gasteiger partial charge in [0.25, 0.3) is 0 Å². The van der Waals surface area contributed by atoms with Gasteiger partial charge in [0.15, 0.2) is 11.6 Å². The van der Waals surface area contributed by atoms with Crippen molar-refractivity contribution < 1.29 is 23.4 Å². The zero-order valence-electron chi connectivity index (χ0n) is 20.8. The van der Waals surface area contributed by atoms with Crippen molar-refractivity contribution >= 4 is 5.97 Å². The third kappa shape index (κ3) is 7.96. The van der Waals surface area contributed by atoms with Gasteiger partial charge in [-0.3, -0.25) is 4.79 Å². The molecule has 1 saturated carbocycles. The fourth-order valence-corrected chi connectivity index (χ4v) is 5.17. The van der Waals surface area contributed by atoms with E-state index in [2.05, 4.69) is 13.8 Å². The molecule has 0 bridgehead atoms. The van der Waals surface area contributed by atoms with Crippen molar-refractivity contribution in [3.63, 3.8) is 0 Å². The maximum absolute atomic E-state index is 15.1. The van der Waals surface area contributed by atoms with Gasteiger partial charge < -0.3 is 9.84 Å². The number of benzene rings is 1. The highest BCUT2D eigenvalue weighted by Crippen LogP contribution is 2.45. The number of halogens is 2. The summed E-state index contributed by atoms with van der Waals surface area (Å²) in [4.78, 5) is 12.3. The first kappa shape index (κ1) is 27.6. The number of unbranched alkanes of at least 4 members (excludes halogenated alkanes) is 9. The van der Waals surface area contributed by atoms with Gasteiger partial charge in [0, 0.05) is 5.56 Å². The summed E-state index contributed by atoms with van der Waals surface area (Å²) in [6.07, 6.45) is 15.9. The minimum Gasteiger partial charge on any atom is -0.490 e. The van der Waals surface area contributed by atoms with E-state index < -0.39 is 23.0 Å². The van der Waals surface area contributed by atoms with Crippen LogP contribution in [0.4, 0.5) is 8.78 Å². The van der Waals surface area contributed by atoms with Crippen LogP contribution in [0.3, 0.4) is 0 Å². The minimum absolute atomic E-state index is 0.0270. The number of carboxylic acids is 1. The normalized spacial score (nSPS) is 20.7. The molecule has 0 aliphatic heterocycles. The van der Waals surface area contributed by atoms with Gasteiger partial charge in [-0.1, -0.05) is 90.5 Å². The van der Waals surface area contributed by atoms with Gasteiger partial charge in [0.05, 0.1) is 12.0 Å². The highest BCUT2D eigenvalue weighted by atomic mass is 19.2. The second-order valence-electron chi connectivity index (χ2n) is 9.89. The van der Waals surface area contributed by atoms with Crippen molar-refractivity contribution in [2.75, 3.05) is 6.61 Å². The van der Waals surface area contributed by atoms with Gasteiger partial charge >= 0.3 is 5.97 Å². The SMILES string of the molecule is CCCCCCCCOc1ccc([C@]2(C(=O)O)CC[C@H](CCCCCCC)CC2)c(F)c1F. The molecule has 0 atom stereocenters. The third-order valence-corrected chi connectivity index (χ3v) is 7.40. The summed E-state index contributed by atoms with van der Waals surface area (Å²) in [6, 6.07) is 2.85. The van der Waals surface area contributed by atoms with E-state index in [0.29, 0.717) is 25.4 Å². The topological polar surface area (TPSA) is 46.5 Å². The summed E-state index contributed by atoms with van der Waals surface area (Å²) >= 11 is 0. The van der Waals surface area contributed by atoms with E-state index in [4.69, 9.17) is 4.74 Å². The zero-order chi connectivity index (χ0) is 24.1. The van der Waals surface area contributed by atoms with E-state index in [9.17, 15) is 14.3 Å². The van der Waals surface area contributed by atoms with E-state index in [0.717, 1.165) is 38.5 Å². The lowest BCUT2D eigenvalue weighted by atomic mass is 9.65. The first-order valence-corrected chi connectivity index (χ1v) is 13.3. The molecule has 1 aromatic carbocycles. The maximum atomic E-state index is 15.1. The summed E-state index contributed by atoms with van der Waals surface area (Å²) in [7, 11) is 0. The average Bonchev–Trinajstić information content (AvgIpc) is 2.81. The zero-order valence-corrected chi connectivity index (χ0v) is 20.8. The van der Waals surface area contributed by atoms with Crippen molar-refractivity contribution in [1.82, 2.24) is 0 Å². The van der Waals surface area contributed by atoms with Crippen LogP contribution in [-0.4, -0.2) is 17.7 Å². The molecular weight excluding hydrogens is 422 g/mol. The minimum atomic E-state index is -1.35. The predicted molar refractivity (Wildman–Crippen MR) is 130 cm³/mol. The Balaban J connectivity index is 1.95. The Kier molecular flexibility index (Phi) is 12.2. The van der Waals surface area contributed by atoms with Gasteiger partial charge in [0.2, 0.25) is 5.82 Å². The fourth-order valence-electron chi connectivity index (χ4n) is 5.17. The Morgan fingerprint density at radius 3 is 2.09 bits per heavy atom. The van der Waals surface area contributed by atoms with Gasteiger partial charge in [-0.05, 0) is 44.1 Å². The van der Waals surface area contributed by atoms with Gasteiger partial charge in [-0.2, -0.15) is 4.39 Å². The molecule has 1 aromatic rings. The highest BCUT2D eigenvalue weighted by molar-refractivity contribution is 5.81. The summed E-state index contributed by atoms with van der Waals surface area (Å²) in [5, 5.41) is 10.0. The Hall–Kier alpha value is -1.65. The number of carbonyl (C=O) groups is 1. The first-order chi connectivity index (χ1) is 16.0. The Labute approximate surface area is 199 Å². The fraction of sp³-hybridized carbons (Fsp3) is 0.750. The number of carboxylic acid groups (broad SMARTS) is 1. The van der Waals surface area contributed by atoms with Crippen molar-refractivity contribution in [2.45, 2.75) is 122 Å². The monoisotopic (exact) mass is 466 g/mol. The number of ether oxygens (including phenoxy) is 1. The van der Waals surface area contributed by atoms with E-state index >= 15 is 4.39 Å². The van der Waals surface area contributed by atoms with Crippen LogP contribution in [0.5, 0.6) is 5.75 Å². The average molecular weight is 467 g/mol. The van der Waals surface area contributed by atoms with Crippen LogP contribution in [0.15, 0.2) is 12.1 Å². The number of hydrogen-bond acceptors (Lipinski definition) is 2. The van der Waals surface area contributed by atoms with Crippen molar-refractivity contribution in [2.24, 2.45) is 5.92 Å². The van der Waals surface area contributed by atoms with Gasteiger partial charge in [0.1, 0.15) is 0 Å². The summed E-state index contributed by atoms with van der Waals surface area (Å²) in [5.74, 6) is -2.81. The van der Waals surface area contributed by atoms with Crippen LogP contribution in [-0.2, 0) is 10.2 Å². The van der Waals surface area contributed by atoms with E-state index in [1.54, 1.807) is 0 Å². The molecule has 0 spiro atoms. The van der Waals surface area contributed by atoms with Crippen molar-refractivity contribution in [1.29, 1.82) is 0 Å². The molecule has 33 heavy (non-hydrogen) atoms. The van der Waals surface area contributed by atoms with E-state index in [1.807, 2.05) is 0 Å². The van der Waals surface area contributed by atoms with Crippen LogP contribution in [0.1, 0.15) is 122 Å². The second-order valence-corrected chi connectivity index (χ2v) is 9.89. The molecule has 5 heteroatoms. The number of rotatable bonds is 16. The standard InChI is InChI=1S/C28H44F2O3/c1-3-5-7-9-11-13-21-33-24-16-15-23(25(29)26(24)30)28(27(31)32)19-17-22(18-20-28)14-12-10-8-6-4-2/h15-16,22H,3-14,17-21H2,1-2H3,(H,31,32)/t22-,28-. The van der Waals surface area contributed by atoms with Crippen LogP contribution in [0, 0.1) is 17.6 Å². The smallest absolute Gasteiger partial charge is 0.314 e. The molecule has 0 radical (unpaired) electrons. The molecule has 3 nitrogen and oxygen atoms in total. The lowest BCUT2D eigenvalue weighted by Gasteiger charge is -2.37. The van der Waals surface area contributed by atoms with E-state index in [1.165, 1.54) is 63.5 Å². The third-order valence-electron chi connectivity index (χ3n) is 7.40. The molecule has 1 N–H and O–H groups in total. The number of aliphatic carboxylic acids is 1. The second kappa shape index (κ2) is 14.6. The predicted octanol–water partition coefficient (Wildman–Crippen LogP) is 8.58. The van der Waals surface area contributed by atoms with E-state index in [-0.39, 0.29) is 11.3 Å². The van der Waals surface area contributed by atoms with Gasteiger partial charge in [-0.25, -0.2) is 4.39 Å². The van der Waals surface area contributed by atoms with Crippen molar-refractivity contribution in [3.8, 4) is 5.75 Å². The molecule has 0 heterocycles. The molecule has 0 unspecified atom stereocenters. The van der Waals surface area contributed by atoms with Crippen molar-refractivity contribution in [3.05, 3.63) is 29.3 Å². The lowest BCUT2D eigenvalue weighted by molar-refractivity contribution is -0.145. The molecule has 2 rings (SSSR count). The Morgan fingerprint density at radius 1 is 0.909 bits per heavy atom. The molecule has 1 aliphatic rings. The van der Waals surface area contributed by atoms with Crippen LogP contribution in [0.2, 0.25) is 0 Å². The summed E-state index contributed by atoms with van der Waals surface area (Å²) < 4.78 is 35.3. The van der Waals surface area contributed by atoms with Crippen LogP contribution in [0.25, 0.3) is 0 Å². The highest BCUT2D eigenvalue weighted by Gasteiger charge is 2.45. The maximum Gasteiger partial charge on any atom is 0.314 e. The first-order valence-electron chi connectivity index (χ1n) is 13.3. The Morgan fingerprint density at radius 2 is 1.48 bits per heavy atom.